The highest BCUT2D eigenvalue weighted by Gasteiger charge is 2.29. The maximum atomic E-state index is 11.5. The van der Waals surface area contributed by atoms with Crippen molar-refractivity contribution >= 4 is 9.84 Å². The quantitative estimate of drug-likeness (QED) is 0.916. The van der Waals surface area contributed by atoms with Gasteiger partial charge in [-0.1, -0.05) is 17.7 Å². The fourth-order valence-corrected chi connectivity index (χ4v) is 4.25. The maximum absolute atomic E-state index is 11.5. The summed E-state index contributed by atoms with van der Waals surface area (Å²) in [6.45, 7) is 4.08. The van der Waals surface area contributed by atoms with Crippen molar-refractivity contribution in [2.24, 2.45) is 0 Å². The maximum Gasteiger partial charge on any atom is 0.151 e. The second kappa shape index (κ2) is 5.51. The molecule has 2 unspecified atom stereocenters. The summed E-state index contributed by atoms with van der Waals surface area (Å²) in [6, 6.07) is 6.17. The third-order valence-corrected chi connectivity index (χ3v) is 5.34. The lowest BCUT2D eigenvalue weighted by Crippen LogP contribution is -2.32. The van der Waals surface area contributed by atoms with Crippen LogP contribution in [-0.4, -0.2) is 33.1 Å². The molecule has 1 aromatic rings. The minimum Gasteiger partial charge on any atom is -0.496 e. The zero-order valence-electron chi connectivity index (χ0n) is 11.6. The Labute approximate surface area is 115 Å². The molecule has 106 valence electrons. The lowest BCUT2D eigenvalue weighted by molar-refractivity contribution is 0.396. The summed E-state index contributed by atoms with van der Waals surface area (Å²) >= 11 is 0. The number of ether oxygens (including phenoxy) is 1. The van der Waals surface area contributed by atoms with E-state index in [1.807, 2.05) is 26.0 Å². The summed E-state index contributed by atoms with van der Waals surface area (Å²) < 4.78 is 28.3. The zero-order valence-corrected chi connectivity index (χ0v) is 12.5. The molecule has 0 radical (unpaired) electrons. The molecule has 0 aromatic heterocycles. The molecule has 0 bridgehead atoms. The van der Waals surface area contributed by atoms with Crippen LogP contribution in [0.15, 0.2) is 18.2 Å². The summed E-state index contributed by atoms with van der Waals surface area (Å²) in [6.07, 6.45) is 0.695. The minimum atomic E-state index is -2.84. The molecule has 4 nitrogen and oxygen atoms in total. The number of sulfone groups is 1. The van der Waals surface area contributed by atoms with Crippen molar-refractivity contribution in [1.82, 2.24) is 5.32 Å². The lowest BCUT2D eigenvalue weighted by Gasteiger charge is -2.21. The van der Waals surface area contributed by atoms with Crippen LogP contribution in [0.4, 0.5) is 0 Å². The van der Waals surface area contributed by atoms with E-state index in [9.17, 15) is 8.42 Å². The second-order valence-electron chi connectivity index (χ2n) is 5.23. The van der Waals surface area contributed by atoms with Gasteiger partial charge < -0.3 is 10.1 Å². The van der Waals surface area contributed by atoms with E-state index in [1.165, 1.54) is 5.56 Å². The topological polar surface area (TPSA) is 55.4 Å². The van der Waals surface area contributed by atoms with E-state index in [4.69, 9.17) is 4.74 Å². The van der Waals surface area contributed by atoms with Crippen LogP contribution in [0.3, 0.4) is 0 Å². The van der Waals surface area contributed by atoms with Crippen LogP contribution >= 0.6 is 0 Å². The Morgan fingerprint density at radius 2 is 2.16 bits per heavy atom. The Kier molecular flexibility index (Phi) is 4.16. The summed E-state index contributed by atoms with van der Waals surface area (Å²) in [5, 5.41) is 3.39. The van der Waals surface area contributed by atoms with Crippen LogP contribution < -0.4 is 10.1 Å². The molecule has 1 saturated heterocycles. The van der Waals surface area contributed by atoms with Crippen LogP contribution in [0.25, 0.3) is 0 Å². The van der Waals surface area contributed by atoms with Crippen LogP contribution in [-0.2, 0) is 9.84 Å². The van der Waals surface area contributed by atoms with E-state index in [0.717, 1.165) is 11.3 Å². The van der Waals surface area contributed by atoms with Gasteiger partial charge in [-0.25, -0.2) is 8.42 Å². The number of hydrogen-bond donors (Lipinski definition) is 1. The first-order valence-electron chi connectivity index (χ1n) is 6.52. The molecule has 2 rings (SSSR count). The minimum absolute atomic E-state index is 0.0465. The first-order chi connectivity index (χ1) is 8.91. The first-order valence-corrected chi connectivity index (χ1v) is 8.34. The summed E-state index contributed by atoms with van der Waals surface area (Å²) in [5.74, 6) is 1.37. The molecule has 1 aliphatic rings. The molecule has 1 aliphatic heterocycles. The molecule has 1 heterocycles. The summed E-state index contributed by atoms with van der Waals surface area (Å²) in [7, 11) is -1.19. The Balaban J connectivity index is 2.12. The first kappa shape index (κ1) is 14.3. The molecule has 0 saturated carbocycles. The van der Waals surface area contributed by atoms with E-state index in [-0.39, 0.29) is 17.8 Å². The van der Waals surface area contributed by atoms with E-state index in [0.29, 0.717) is 12.2 Å². The summed E-state index contributed by atoms with van der Waals surface area (Å²) in [5.41, 5.74) is 2.25. The fourth-order valence-electron chi connectivity index (χ4n) is 2.56. The third-order valence-electron chi connectivity index (χ3n) is 3.57. The van der Waals surface area contributed by atoms with Crippen molar-refractivity contribution in [1.29, 1.82) is 0 Å². The van der Waals surface area contributed by atoms with E-state index in [2.05, 4.69) is 11.4 Å². The molecule has 0 amide bonds. The average molecular weight is 283 g/mol. The molecule has 5 heteroatoms. The number of hydrogen-bond acceptors (Lipinski definition) is 4. The van der Waals surface area contributed by atoms with Gasteiger partial charge >= 0.3 is 0 Å². The second-order valence-corrected chi connectivity index (χ2v) is 7.46. The van der Waals surface area contributed by atoms with Crippen molar-refractivity contribution in [2.75, 3.05) is 18.6 Å². The normalized spacial score (nSPS) is 23.2. The molecule has 0 spiro atoms. The van der Waals surface area contributed by atoms with Crippen molar-refractivity contribution in [2.45, 2.75) is 32.4 Å². The number of rotatable bonds is 4. The van der Waals surface area contributed by atoms with E-state index >= 15 is 0 Å². The van der Waals surface area contributed by atoms with Gasteiger partial charge in [-0.15, -0.1) is 0 Å². The third kappa shape index (κ3) is 3.48. The van der Waals surface area contributed by atoms with Gasteiger partial charge in [0.25, 0.3) is 0 Å². The van der Waals surface area contributed by atoms with Crippen molar-refractivity contribution in [3.8, 4) is 5.75 Å². The highest BCUT2D eigenvalue weighted by atomic mass is 32.2. The summed E-state index contributed by atoms with van der Waals surface area (Å²) in [4.78, 5) is 0. The Hall–Kier alpha value is -1.07. The Morgan fingerprint density at radius 1 is 1.42 bits per heavy atom. The fraction of sp³-hybridized carbons (Fsp3) is 0.571. The van der Waals surface area contributed by atoms with Gasteiger partial charge in [-0.2, -0.15) is 0 Å². The van der Waals surface area contributed by atoms with Gasteiger partial charge in [0.15, 0.2) is 9.84 Å². The molecular weight excluding hydrogens is 262 g/mol. The zero-order chi connectivity index (χ0) is 14.0. The van der Waals surface area contributed by atoms with Gasteiger partial charge in [0.1, 0.15) is 5.75 Å². The molecule has 1 aromatic carbocycles. The van der Waals surface area contributed by atoms with Crippen LogP contribution in [0.2, 0.25) is 0 Å². The van der Waals surface area contributed by atoms with E-state index in [1.54, 1.807) is 7.11 Å². The molecule has 19 heavy (non-hydrogen) atoms. The largest absolute Gasteiger partial charge is 0.496 e. The average Bonchev–Trinajstić information content (AvgIpc) is 2.68. The molecule has 0 aliphatic carbocycles. The van der Waals surface area contributed by atoms with Crippen molar-refractivity contribution < 1.29 is 13.2 Å². The highest BCUT2D eigenvalue weighted by molar-refractivity contribution is 7.91. The van der Waals surface area contributed by atoms with Gasteiger partial charge in [0.2, 0.25) is 0 Å². The van der Waals surface area contributed by atoms with Gasteiger partial charge in [-0.3, -0.25) is 0 Å². The van der Waals surface area contributed by atoms with Crippen LogP contribution in [0, 0.1) is 6.92 Å². The lowest BCUT2D eigenvalue weighted by atomic mass is 10.0. The standard InChI is InChI=1S/C14H21NO3S/c1-10-4-5-14(18-3)13(8-10)11(2)15-12-6-7-19(16,17)9-12/h4-5,8,11-12,15H,6-7,9H2,1-3H3. The predicted octanol–water partition coefficient (Wildman–Crippen LogP) is 1.84. The number of nitrogens with one attached hydrogen (secondary N) is 1. The van der Waals surface area contributed by atoms with Gasteiger partial charge in [0.05, 0.1) is 18.6 Å². The Bertz CT molecular complexity index is 554. The van der Waals surface area contributed by atoms with Gasteiger partial charge in [-0.05, 0) is 26.3 Å². The van der Waals surface area contributed by atoms with E-state index < -0.39 is 9.84 Å². The molecular formula is C14H21NO3S. The van der Waals surface area contributed by atoms with Crippen LogP contribution in [0.5, 0.6) is 5.75 Å². The number of methoxy groups -OCH3 is 1. The molecule has 2 atom stereocenters. The van der Waals surface area contributed by atoms with Gasteiger partial charge in [0, 0.05) is 17.6 Å². The predicted molar refractivity (Wildman–Crippen MR) is 76.3 cm³/mol. The molecule has 1 N–H and O–H groups in total. The van der Waals surface area contributed by atoms with Crippen molar-refractivity contribution in [3.05, 3.63) is 29.3 Å². The molecule has 1 fully saturated rings. The van der Waals surface area contributed by atoms with Crippen molar-refractivity contribution in [3.63, 3.8) is 0 Å². The SMILES string of the molecule is COc1ccc(C)cc1C(C)NC1CCS(=O)(=O)C1. The monoisotopic (exact) mass is 283 g/mol. The smallest absolute Gasteiger partial charge is 0.151 e. The number of aryl methyl sites for hydroxylation is 1. The number of benzene rings is 1. The highest BCUT2D eigenvalue weighted by Crippen LogP contribution is 2.27. The Morgan fingerprint density at radius 3 is 2.74 bits per heavy atom. The van der Waals surface area contributed by atoms with Crippen LogP contribution in [0.1, 0.15) is 30.5 Å².